The number of oxime groups is 1. The maximum Gasteiger partial charge on any atom is 0.178 e. The fraction of sp³-hybridized carbons (Fsp3) is 0.536. The maximum atomic E-state index is 14.3. The Morgan fingerprint density at radius 1 is 1.11 bits per heavy atom. The summed E-state index contributed by atoms with van der Waals surface area (Å²) in [5.41, 5.74) is 1.20. The predicted molar refractivity (Wildman–Crippen MR) is 138 cm³/mol. The van der Waals surface area contributed by atoms with Crippen LogP contribution in [0.25, 0.3) is 0 Å². The van der Waals surface area contributed by atoms with Crippen LogP contribution in [0.3, 0.4) is 0 Å². The van der Waals surface area contributed by atoms with Crippen molar-refractivity contribution in [2.75, 3.05) is 46.4 Å². The van der Waals surface area contributed by atoms with Gasteiger partial charge in [-0.2, -0.15) is 0 Å². The molecule has 2 saturated heterocycles. The van der Waals surface area contributed by atoms with Gasteiger partial charge in [-0.3, -0.25) is 9.80 Å². The molecule has 2 heterocycles. The molecule has 2 aliphatic heterocycles. The van der Waals surface area contributed by atoms with Gasteiger partial charge in [-0.05, 0) is 63.9 Å². The van der Waals surface area contributed by atoms with E-state index in [0.717, 1.165) is 57.4 Å². The molecule has 2 aromatic rings. The van der Waals surface area contributed by atoms with E-state index in [1.807, 2.05) is 6.07 Å². The number of hydrogen-bond donors (Lipinski definition) is 1. The van der Waals surface area contributed by atoms with Crippen molar-refractivity contribution < 1.29 is 18.7 Å². The standard InChI is InChI=1S/C28H38F2N4O2/c1-21-12-13-22(20-36-26-11-4-3-8-23(26)19-33-14-5-6-15-33)18-34(21)17-16-32(2)28(31-35)24-9-7-10-25(29)27(24)30/h3-4,7-11,21-22,35H,5-6,12-20H2,1-2H3. The summed E-state index contributed by atoms with van der Waals surface area (Å²) in [6, 6.07) is 12.7. The van der Waals surface area contributed by atoms with Crippen LogP contribution in [0.15, 0.2) is 47.6 Å². The molecule has 2 fully saturated rings. The van der Waals surface area contributed by atoms with E-state index < -0.39 is 11.6 Å². The highest BCUT2D eigenvalue weighted by molar-refractivity contribution is 5.98. The molecule has 1 N–H and O–H groups in total. The van der Waals surface area contributed by atoms with Gasteiger partial charge in [0.05, 0.1) is 12.2 Å². The van der Waals surface area contributed by atoms with Gasteiger partial charge in [0.1, 0.15) is 5.75 Å². The summed E-state index contributed by atoms with van der Waals surface area (Å²) in [5, 5.41) is 12.8. The topological polar surface area (TPSA) is 51.5 Å². The van der Waals surface area contributed by atoms with Crippen molar-refractivity contribution in [1.82, 2.24) is 14.7 Å². The lowest BCUT2D eigenvalue weighted by atomic mass is 9.94. The summed E-state index contributed by atoms with van der Waals surface area (Å²) in [5.74, 6) is -0.554. The number of piperidine rings is 1. The highest BCUT2D eigenvalue weighted by Gasteiger charge is 2.27. The van der Waals surface area contributed by atoms with Gasteiger partial charge in [0.25, 0.3) is 0 Å². The molecular weight excluding hydrogens is 462 g/mol. The number of ether oxygens (including phenoxy) is 1. The van der Waals surface area contributed by atoms with E-state index in [0.29, 0.717) is 25.1 Å². The molecule has 0 saturated carbocycles. The largest absolute Gasteiger partial charge is 0.493 e. The minimum atomic E-state index is -1.01. The molecule has 0 radical (unpaired) electrons. The fourth-order valence-electron chi connectivity index (χ4n) is 5.27. The van der Waals surface area contributed by atoms with Crippen molar-refractivity contribution in [3.05, 3.63) is 65.2 Å². The van der Waals surface area contributed by atoms with E-state index in [1.165, 1.54) is 30.5 Å². The Labute approximate surface area is 213 Å². The van der Waals surface area contributed by atoms with Crippen LogP contribution in [0.5, 0.6) is 5.75 Å². The van der Waals surface area contributed by atoms with E-state index in [2.05, 4.69) is 40.1 Å². The van der Waals surface area contributed by atoms with Crippen LogP contribution in [-0.2, 0) is 6.54 Å². The molecule has 2 atom stereocenters. The second-order valence-electron chi connectivity index (χ2n) is 10.1. The van der Waals surface area contributed by atoms with Gasteiger partial charge in [-0.25, -0.2) is 8.78 Å². The third-order valence-electron chi connectivity index (χ3n) is 7.52. The highest BCUT2D eigenvalue weighted by atomic mass is 19.2. The van der Waals surface area contributed by atoms with E-state index in [9.17, 15) is 14.0 Å². The number of halogens is 2. The molecule has 8 heteroatoms. The maximum absolute atomic E-state index is 14.3. The molecule has 196 valence electrons. The SMILES string of the molecule is CC1CCC(COc2ccccc2CN2CCCC2)CN1CCN(C)C(=NO)c1cccc(F)c1F. The molecule has 6 nitrogen and oxygen atoms in total. The van der Waals surface area contributed by atoms with Gasteiger partial charge < -0.3 is 14.8 Å². The first-order valence-corrected chi connectivity index (χ1v) is 13.0. The van der Waals surface area contributed by atoms with Crippen LogP contribution in [0.2, 0.25) is 0 Å². The molecule has 0 spiro atoms. The summed E-state index contributed by atoms with van der Waals surface area (Å²) in [4.78, 5) is 6.56. The zero-order chi connectivity index (χ0) is 25.5. The molecule has 2 aromatic carbocycles. The third-order valence-corrected chi connectivity index (χ3v) is 7.52. The second kappa shape index (κ2) is 12.5. The van der Waals surface area contributed by atoms with Gasteiger partial charge in [0.2, 0.25) is 0 Å². The van der Waals surface area contributed by atoms with Crippen LogP contribution in [0, 0.1) is 17.6 Å². The lowest BCUT2D eigenvalue weighted by Gasteiger charge is -2.39. The van der Waals surface area contributed by atoms with Gasteiger partial charge >= 0.3 is 0 Å². The first kappa shape index (κ1) is 26.4. The van der Waals surface area contributed by atoms with Crippen LogP contribution >= 0.6 is 0 Å². The number of nitrogens with zero attached hydrogens (tertiary/aromatic N) is 4. The third kappa shape index (κ3) is 6.53. The average Bonchev–Trinajstić information content (AvgIpc) is 3.39. The Morgan fingerprint density at radius 3 is 2.67 bits per heavy atom. The Morgan fingerprint density at radius 2 is 1.89 bits per heavy atom. The molecule has 2 unspecified atom stereocenters. The number of hydrogen-bond acceptors (Lipinski definition) is 5. The zero-order valence-corrected chi connectivity index (χ0v) is 21.4. The highest BCUT2D eigenvalue weighted by Crippen LogP contribution is 2.26. The van der Waals surface area contributed by atoms with E-state index >= 15 is 0 Å². The van der Waals surface area contributed by atoms with E-state index in [4.69, 9.17) is 4.74 Å². The van der Waals surface area contributed by atoms with Crippen molar-refractivity contribution in [3.8, 4) is 5.75 Å². The van der Waals surface area contributed by atoms with Crippen LogP contribution < -0.4 is 4.74 Å². The summed E-state index contributed by atoms with van der Waals surface area (Å²) in [6.07, 6.45) is 4.74. The summed E-state index contributed by atoms with van der Waals surface area (Å²) in [6.45, 7) is 8.30. The Hall–Kier alpha value is -2.71. The number of likely N-dealkylation sites (tertiary alicyclic amines) is 2. The Bertz CT molecular complexity index is 1030. The van der Waals surface area contributed by atoms with Gasteiger partial charge in [0, 0.05) is 50.7 Å². The van der Waals surface area contributed by atoms with Crippen molar-refractivity contribution in [2.24, 2.45) is 11.1 Å². The minimum absolute atomic E-state index is 0.0196. The quantitative estimate of drug-likeness (QED) is 0.232. The molecule has 0 aliphatic carbocycles. The van der Waals surface area contributed by atoms with Crippen molar-refractivity contribution in [3.63, 3.8) is 0 Å². The zero-order valence-electron chi connectivity index (χ0n) is 21.4. The smallest absolute Gasteiger partial charge is 0.178 e. The number of likely N-dealkylation sites (N-methyl/N-ethyl adjacent to an activating group) is 1. The van der Waals surface area contributed by atoms with Crippen molar-refractivity contribution in [1.29, 1.82) is 0 Å². The molecule has 0 bridgehead atoms. The summed E-state index contributed by atoms with van der Waals surface area (Å²) < 4.78 is 34.3. The molecular formula is C28H38F2N4O2. The molecule has 0 aromatic heterocycles. The monoisotopic (exact) mass is 500 g/mol. The van der Waals surface area contributed by atoms with Crippen LogP contribution in [0.1, 0.15) is 43.7 Å². The number of para-hydroxylation sites is 1. The van der Waals surface area contributed by atoms with Crippen LogP contribution in [-0.4, -0.2) is 78.2 Å². The van der Waals surface area contributed by atoms with E-state index in [-0.39, 0.29) is 11.4 Å². The lowest BCUT2D eigenvalue weighted by Crippen LogP contribution is -2.47. The Balaban J connectivity index is 1.31. The van der Waals surface area contributed by atoms with Gasteiger partial charge in [0.15, 0.2) is 17.5 Å². The van der Waals surface area contributed by atoms with Gasteiger partial charge in [-0.1, -0.05) is 29.4 Å². The fourth-order valence-corrected chi connectivity index (χ4v) is 5.27. The number of benzene rings is 2. The van der Waals surface area contributed by atoms with E-state index in [1.54, 1.807) is 11.9 Å². The Kier molecular flexibility index (Phi) is 9.15. The number of rotatable bonds is 9. The summed E-state index contributed by atoms with van der Waals surface area (Å²) in [7, 11) is 1.73. The van der Waals surface area contributed by atoms with Crippen molar-refractivity contribution >= 4 is 5.84 Å². The van der Waals surface area contributed by atoms with Crippen molar-refractivity contribution in [2.45, 2.75) is 45.2 Å². The molecule has 36 heavy (non-hydrogen) atoms. The van der Waals surface area contributed by atoms with Gasteiger partial charge in [-0.15, -0.1) is 0 Å². The molecule has 2 aliphatic rings. The van der Waals surface area contributed by atoms with Crippen LogP contribution in [0.4, 0.5) is 8.78 Å². The number of amidine groups is 1. The first-order chi connectivity index (χ1) is 17.5. The normalized spacial score (nSPS) is 21.6. The summed E-state index contributed by atoms with van der Waals surface area (Å²) >= 11 is 0. The first-order valence-electron chi connectivity index (χ1n) is 13.0. The minimum Gasteiger partial charge on any atom is -0.493 e. The molecule has 4 rings (SSSR count). The molecule has 0 amide bonds. The average molecular weight is 501 g/mol. The predicted octanol–water partition coefficient (Wildman–Crippen LogP) is 4.81. The lowest BCUT2D eigenvalue weighted by molar-refractivity contribution is 0.0855. The second-order valence-corrected chi connectivity index (χ2v) is 10.1.